The highest BCUT2D eigenvalue weighted by atomic mass is 16.5. The molecule has 0 fully saturated rings. The predicted molar refractivity (Wildman–Crippen MR) is 110 cm³/mol. The number of hydrogen-bond acceptors (Lipinski definition) is 4. The fraction of sp³-hybridized carbons (Fsp3) is 0.364. The van der Waals surface area contributed by atoms with Crippen molar-refractivity contribution in [1.82, 2.24) is 5.32 Å². The number of amides is 2. The Labute approximate surface area is 166 Å². The molecular weight excluding hydrogens is 356 g/mol. The Morgan fingerprint density at radius 2 is 1.71 bits per heavy atom. The van der Waals surface area contributed by atoms with Crippen molar-refractivity contribution in [2.45, 2.75) is 39.2 Å². The van der Waals surface area contributed by atoms with Crippen LogP contribution < -0.4 is 20.1 Å². The minimum Gasteiger partial charge on any atom is -0.497 e. The van der Waals surface area contributed by atoms with Gasteiger partial charge >= 0.3 is 0 Å². The van der Waals surface area contributed by atoms with Crippen molar-refractivity contribution in [1.29, 1.82) is 0 Å². The number of carbonyl (C=O) groups is 2. The van der Waals surface area contributed by atoms with Gasteiger partial charge in [-0.3, -0.25) is 9.59 Å². The van der Waals surface area contributed by atoms with Crippen LogP contribution in [0.3, 0.4) is 0 Å². The van der Waals surface area contributed by atoms with E-state index < -0.39 is 0 Å². The summed E-state index contributed by atoms with van der Waals surface area (Å²) in [6.07, 6.45) is 2.33. The van der Waals surface area contributed by atoms with Crippen molar-refractivity contribution in [2.75, 3.05) is 19.0 Å². The number of hydrogen-bond donors (Lipinski definition) is 2. The third-order valence-electron chi connectivity index (χ3n) is 4.05. The fourth-order valence-electron chi connectivity index (χ4n) is 2.59. The van der Waals surface area contributed by atoms with Crippen molar-refractivity contribution < 1.29 is 19.1 Å². The van der Waals surface area contributed by atoms with Gasteiger partial charge in [0.25, 0.3) is 0 Å². The lowest BCUT2D eigenvalue weighted by Crippen LogP contribution is -2.23. The number of carbonyl (C=O) groups excluding carboxylic acids is 2. The van der Waals surface area contributed by atoms with Gasteiger partial charge in [0.2, 0.25) is 11.8 Å². The minimum atomic E-state index is -0.0289. The molecule has 6 nitrogen and oxygen atoms in total. The molecule has 0 heterocycles. The quantitative estimate of drug-likeness (QED) is 0.576. The topological polar surface area (TPSA) is 76.7 Å². The van der Waals surface area contributed by atoms with E-state index in [1.807, 2.05) is 55.5 Å². The van der Waals surface area contributed by atoms with Crippen LogP contribution in [0.1, 0.15) is 38.2 Å². The van der Waals surface area contributed by atoms with Crippen LogP contribution in [0.5, 0.6) is 11.5 Å². The molecule has 2 aromatic rings. The van der Waals surface area contributed by atoms with E-state index in [1.165, 1.54) is 0 Å². The van der Waals surface area contributed by atoms with Crippen LogP contribution >= 0.6 is 0 Å². The smallest absolute Gasteiger partial charge is 0.224 e. The van der Waals surface area contributed by atoms with Gasteiger partial charge < -0.3 is 20.1 Å². The number of rotatable bonds is 11. The lowest BCUT2D eigenvalue weighted by Gasteiger charge is -2.09. The van der Waals surface area contributed by atoms with Gasteiger partial charge in [0.1, 0.15) is 11.5 Å². The van der Waals surface area contributed by atoms with Gasteiger partial charge in [0.05, 0.1) is 13.7 Å². The number of anilines is 1. The molecule has 2 N–H and O–H groups in total. The zero-order valence-corrected chi connectivity index (χ0v) is 16.5. The highest BCUT2D eigenvalue weighted by Crippen LogP contribution is 2.17. The van der Waals surface area contributed by atoms with Crippen molar-refractivity contribution in [2.24, 2.45) is 0 Å². The second-order valence-electron chi connectivity index (χ2n) is 6.40. The highest BCUT2D eigenvalue weighted by Gasteiger charge is 2.04. The van der Waals surface area contributed by atoms with Gasteiger partial charge in [-0.25, -0.2) is 0 Å². The van der Waals surface area contributed by atoms with Gasteiger partial charge in [0, 0.05) is 25.1 Å². The lowest BCUT2D eigenvalue weighted by atomic mass is 10.2. The molecule has 0 aliphatic carbocycles. The van der Waals surface area contributed by atoms with Crippen LogP contribution in [-0.4, -0.2) is 25.5 Å². The molecular formula is C22H28N2O4. The van der Waals surface area contributed by atoms with Gasteiger partial charge in [-0.05, 0) is 54.8 Å². The third-order valence-corrected chi connectivity index (χ3v) is 4.05. The Balaban J connectivity index is 1.67. The second kappa shape index (κ2) is 11.6. The van der Waals surface area contributed by atoms with Crippen LogP contribution in [0.25, 0.3) is 0 Å². The van der Waals surface area contributed by atoms with E-state index in [1.54, 1.807) is 7.11 Å². The van der Waals surface area contributed by atoms with Crippen molar-refractivity contribution >= 4 is 17.5 Å². The third kappa shape index (κ3) is 7.70. The first-order valence-corrected chi connectivity index (χ1v) is 9.53. The lowest BCUT2D eigenvalue weighted by molar-refractivity contribution is -0.121. The summed E-state index contributed by atoms with van der Waals surface area (Å²) in [7, 11) is 1.62. The van der Waals surface area contributed by atoms with Gasteiger partial charge in [0.15, 0.2) is 0 Å². The largest absolute Gasteiger partial charge is 0.497 e. The zero-order valence-electron chi connectivity index (χ0n) is 16.5. The van der Waals surface area contributed by atoms with E-state index in [0.717, 1.165) is 29.2 Å². The van der Waals surface area contributed by atoms with Gasteiger partial charge in [-0.15, -0.1) is 0 Å². The second-order valence-corrected chi connectivity index (χ2v) is 6.40. The molecule has 0 aliphatic heterocycles. The summed E-state index contributed by atoms with van der Waals surface area (Å²) in [6, 6.07) is 14.8. The summed E-state index contributed by atoms with van der Waals surface area (Å²) >= 11 is 0. The van der Waals surface area contributed by atoms with Crippen molar-refractivity contribution in [3.05, 3.63) is 54.1 Å². The molecule has 2 aromatic carbocycles. The standard InChI is InChI=1S/C22H28N2O4/c1-3-6-22(26)24-18-8-4-7-17(15-18)16-23-21(25)9-5-14-28-20-12-10-19(27-2)11-13-20/h4,7-8,10-13,15H,3,5-6,9,14,16H2,1-2H3,(H,23,25)(H,24,26). The summed E-state index contributed by atoms with van der Waals surface area (Å²) in [6.45, 7) is 2.86. The number of ether oxygens (including phenoxy) is 2. The van der Waals surface area contributed by atoms with E-state index in [4.69, 9.17) is 9.47 Å². The summed E-state index contributed by atoms with van der Waals surface area (Å²) in [5.74, 6) is 1.50. The molecule has 150 valence electrons. The first-order chi connectivity index (χ1) is 13.6. The summed E-state index contributed by atoms with van der Waals surface area (Å²) < 4.78 is 10.7. The van der Waals surface area contributed by atoms with E-state index in [9.17, 15) is 9.59 Å². The van der Waals surface area contributed by atoms with Crippen LogP contribution in [0.4, 0.5) is 5.69 Å². The van der Waals surface area contributed by atoms with Crippen LogP contribution in [0.15, 0.2) is 48.5 Å². The molecule has 2 amide bonds. The van der Waals surface area contributed by atoms with Crippen LogP contribution in [0.2, 0.25) is 0 Å². The normalized spacial score (nSPS) is 10.2. The molecule has 28 heavy (non-hydrogen) atoms. The van der Waals surface area contributed by atoms with E-state index in [-0.39, 0.29) is 11.8 Å². The molecule has 2 rings (SSSR count). The Hall–Kier alpha value is -3.02. The molecule has 0 saturated heterocycles. The zero-order chi connectivity index (χ0) is 20.2. The van der Waals surface area contributed by atoms with E-state index >= 15 is 0 Å². The van der Waals surface area contributed by atoms with Crippen molar-refractivity contribution in [3.8, 4) is 11.5 Å². The summed E-state index contributed by atoms with van der Waals surface area (Å²) in [5.41, 5.74) is 1.69. The molecule has 0 aromatic heterocycles. The maximum absolute atomic E-state index is 12.0. The maximum Gasteiger partial charge on any atom is 0.224 e. The average Bonchev–Trinajstić information content (AvgIpc) is 2.70. The molecule has 0 aliphatic rings. The van der Waals surface area contributed by atoms with E-state index in [0.29, 0.717) is 32.4 Å². The summed E-state index contributed by atoms with van der Waals surface area (Å²) in [4.78, 5) is 23.7. The molecule has 0 radical (unpaired) electrons. The Bertz CT molecular complexity index is 759. The molecule has 0 spiro atoms. The van der Waals surface area contributed by atoms with E-state index in [2.05, 4.69) is 10.6 Å². The van der Waals surface area contributed by atoms with Crippen LogP contribution in [0, 0.1) is 0 Å². The molecule has 0 unspecified atom stereocenters. The maximum atomic E-state index is 12.0. The van der Waals surface area contributed by atoms with Crippen molar-refractivity contribution in [3.63, 3.8) is 0 Å². The van der Waals surface area contributed by atoms with Gasteiger partial charge in [-0.2, -0.15) is 0 Å². The molecule has 6 heteroatoms. The average molecular weight is 384 g/mol. The Kier molecular flexibility index (Phi) is 8.85. The minimum absolute atomic E-state index is 0.000505. The fourth-order valence-corrected chi connectivity index (χ4v) is 2.59. The Morgan fingerprint density at radius 1 is 0.964 bits per heavy atom. The molecule has 0 saturated carbocycles. The molecule has 0 atom stereocenters. The first kappa shape index (κ1) is 21.3. The van der Waals surface area contributed by atoms with Crippen LogP contribution in [-0.2, 0) is 16.1 Å². The summed E-state index contributed by atoms with van der Waals surface area (Å²) in [5, 5.41) is 5.75. The predicted octanol–water partition coefficient (Wildman–Crippen LogP) is 3.91. The molecule has 0 bridgehead atoms. The Morgan fingerprint density at radius 3 is 2.43 bits per heavy atom. The number of nitrogens with one attached hydrogen (secondary N) is 2. The monoisotopic (exact) mass is 384 g/mol. The highest BCUT2D eigenvalue weighted by molar-refractivity contribution is 5.90. The first-order valence-electron chi connectivity index (χ1n) is 9.53. The van der Waals surface area contributed by atoms with Gasteiger partial charge in [-0.1, -0.05) is 19.1 Å². The SMILES string of the molecule is CCCC(=O)Nc1cccc(CNC(=O)CCCOc2ccc(OC)cc2)c1. The number of methoxy groups -OCH3 is 1. The number of benzene rings is 2.